The average Bonchev–Trinajstić information content (AvgIpc) is 3.83. The molecule has 0 saturated heterocycles. The van der Waals surface area contributed by atoms with E-state index in [1.165, 1.54) is 32.9 Å². The fourth-order valence-electron chi connectivity index (χ4n) is 8.28. The van der Waals surface area contributed by atoms with Crippen molar-refractivity contribution in [2.45, 2.75) is 0 Å². The van der Waals surface area contributed by atoms with Crippen LogP contribution in [0.5, 0.6) is 0 Å². The number of furan rings is 1. The molecule has 8 aromatic carbocycles. The van der Waals surface area contributed by atoms with Crippen LogP contribution >= 0.6 is 0 Å². The van der Waals surface area contributed by atoms with E-state index in [0.29, 0.717) is 0 Å². The Morgan fingerprint density at radius 1 is 0.339 bits per heavy atom. The van der Waals surface area contributed by atoms with E-state index in [1.807, 2.05) is 24.3 Å². The second kappa shape index (κ2) is 13.1. The van der Waals surface area contributed by atoms with Crippen molar-refractivity contribution in [2.24, 2.45) is 0 Å². The van der Waals surface area contributed by atoms with E-state index >= 15 is 0 Å². The highest BCUT2D eigenvalue weighted by molar-refractivity contribution is 6.11. The highest BCUT2D eigenvalue weighted by Gasteiger charge is 2.16. The minimum absolute atomic E-state index is 0.908. The molecular formula is C53H34N2O. The predicted octanol–water partition coefficient (Wildman–Crippen LogP) is 14.4. The van der Waals surface area contributed by atoms with Crippen LogP contribution in [-0.4, -0.2) is 9.55 Å². The molecule has 3 nitrogen and oxygen atoms in total. The van der Waals surface area contributed by atoms with Gasteiger partial charge in [-0.3, -0.25) is 0 Å². The van der Waals surface area contributed by atoms with Gasteiger partial charge in [0.1, 0.15) is 11.2 Å². The Morgan fingerprint density at radius 2 is 0.911 bits per heavy atom. The third-order valence-electron chi connectivity index (χ3n) is 11.0. The standard InChI is InChI=1S/C53H34N2O/c1-3-13-37(14-4-1)48-33-41(34-49(54-48)38-15-5-2-6-16-38)36-27-25-35(26-28-36)39-29-30-51-47(32-39)44-19-7-9-23-50(44)55(51)42-18-11-17-40(31-42)43-21-12-22-46-45-20-8-10-24-52(45)56-53(43)46/h1-34H. The molecule has 0 aliphatic rings. The van der Waals surface area contributed by atoms with Gasteiger partial charge < -0.3 is 8.98 Å². The maximum Gasteiger partial charge on any atom is 0.143 e. The largest absolute Gasteiger partial charge is 0.455 e. The van der Waals surface area contributed by atoms with Crippen molar-refractivity contribution in [3.63, 3.8) is 0 Å². The zero-order chi connectivity index (χ0) is 37.0. The van der Waals surface area contributed by atoms with Gasteiger partial charge in [0, 0.05) is 43.9 Å². The molecule has 0 radical (unpaired) electrons. The summed E-state index contributed by atoms with van der Waals surface area (Å²) in [5, 5.41) is 4.72. The van der Waals surface area contributed by atoms with Crippen LogP contribution in [0.2, 0.25) is 0 Å². The number of hydrogen-bond donors (Lipinski definition) is 0. The van der Waals surface area contributed by atoms with E-state index < -0.39 is 0 Å². The fraction of sp³-hybridized carbons (Fsp3) is 0. The molecule has 0 fully saturated rings. The van der Waals surface area contributed by atoms with Crippen molar-refractivity contribution in [2.75, 3.05) is 0 Å². The van der Waals surface area contributed by atoms with Crippen LogP contribution in [0.4, 0.5) is 0 Å². The Kier molecular flexibility index (Phi) is 7.49. The number of aromatic nitrogens is 2. The fourth-order valence-corrected chi connectivity index (χ4v) is 8.28. The Bertz CT molecular complexity index is 3170. The first-order valence-corrected chi connectivity index (χ1v) is 19.0. The molecule has 262 valence electrons. The van der Waals surface area contributed by atoms with E-state index in [1.54, 1.807) is 0 Å². The van der Waals surface area contributed by atoms with Crippen LogP contribution in [0.25, 0.3) is 105 Å². The first kappa shape index (κ1) is 32.0. The minimum Gasteiger partial charge on any atom is -0.455 e. The molecule has 0 aliphatic carbocycles. The second-order valence-corrected chi connectivity index (χ2v) is 14.4. The van der Waals surface area contributed by atoms with Gasteiger partial charge in [-0.05, 0) is 76.3 Å². The molecular weight excluding hydrogens is 681 g/mol. The summed E-state index contributed by atoms with van der Waals surface area (Å²) < 4.78 is 8.82. The van der Waals surface area contributed by atoms with Gasteiger partial charge in [0.25, 0.3) is 0 Å². The maximum atomic E-state index is 6.43. The second-order valence-electron chi connectivity index (χ2n) is 14.4. The third-order valence-corrected chi connectivity index (χ3v) is 11.0. The number of rotatable bonds is 6. The van der Waals surface area contributed by atoms with E-state index in [-0.39, 0.29) is 0 Å². The van der Waals surface area contributed by atoms with Gasteiger partial charge in [-0.1, -0.05) is 158 Å². The summed E-state index contributed by atoms with van der Waals surface area (Å²) >= 11 is 0. The lowest BCUT2D eigenvalue weighted by Gasteiger charge is -2.12. The van der Waals surface area contributed by atoms with Gasteiger partial charge in [-0.2, -0.15) is 0 Å². The lowest BCUT2D eigenvalue weighted by Crippen LogP contribution is -1.94. The maximum absolute atomic E-state index is 6.43. The van der Waals surface area contributed by atoms with Crippen molar-refractivity contribution in [3.8, 4) is 61.6 Å². The van der Waals surface area contributed by atoms with Crippen molar-refractivity contribution in [1.82, 2.24) is 9.55 Å². The van der Waals surface area contributed by atoms with Crippen LogP contribution in [-0.2, 0) is 0 Å². The number of benzene rings is 8. The molecule has 3 heterocycles. The molecule has 0 aliphatic heterocycles. The number of para-hydroxylation sites is 3. The predicted molar refractivity (Wildman–Crippen MR) is 233 cm³/mol. The van der Waals surface area contributed by atoms with Crippen molar-refractivity contribution in [1.29, 1.82) is 0 Å². The molecule has 11 aromatic rings. The first-order valence-electron chi connectivity index (χ1n) is 19.0. The minimum atomic E-state index is 0.908. The van der Waals surface area contributed by atoms with Crippen LogP contribution in [0.15, 0.2) is 211 Å². The molecule has 0 amide bonds. The van der Waals surface area contributed by atoms with E-state index in [4.69, 9.17) is 9.40 Å². The number of hydrogen-bond acceptors (Lipinski definition) is 2. The summed E-state index contributed by atoms with van der Waals surface area (Å²) in [6.45, 7) is 0. The molecule has 0 bridgehead atoms. The van der Waals surface area contributed by atoms with E-state index in [0.717, 1.165) is 72.4 Å². The SMILES string of the molecule is c1ccc(-c2cc(-c3ccc(-c4ccc5c(c4)c4ccccc4n5-c4cccc(-c5cccc6c5oc5ccccc56)c4)cc3)cc(-c3ccccc3)n2)cc1. The van der Waals surface area contributed by atoms with Crippen molar-refractivity contribution >= 4 is 43.7 Å². The van der Waals surface area contributed by atoms with Gasteiger partial charge in [-0.15, -0.1) is 0 Å². The van der Waals surface area contributed by atoms with Gasteiger partial charge in [0.15, 0.2) is 0 Å². The zero-order valence-electron chi connectivity index (χ0n) is 30.4. The molecule has 0 unspecified atom stereocenters. The lowest BCUT2D eigenvalue weighted by atomic mass is 9.97. The Labute approximate surface area is 324 Å². The van der Waals surface area contributed by atoms with Crippen LogP contribution in [0, 0.1) is 0 Å². The third kappa shape index (κ3) is 5.40. The molecule has 56 heavy (non-hydrogen) atoms. The normalized spacial score (nSPS) is 11.6. The molecule has 0 saturated carbocycles. The summed E-state index contributed by atoms with van der Waals surface area (Å²) in [4.78, 5) is 5.08. The highest BCUT2D eigenvalue weighted by Crippen LogP contribution is 2.39. The number of nitrogens with zero attached hydrogens (tertiary/aromatic N) is 2. The van der Waals surface area contributed by atoms with E-state index in [2.05, 4.69) is 187 Å². The van der Waals surface area contributed by atoms with E-state index in [9.17, 15) is 0 Å². The molecule has 0 atom stereocenters. The quantitative estimate of drug-likeness (QED) is 0.172. The number of pyridine rings is 1. The van der Waals surface area contributed by atoms with Crippen molar-refractivity contribution < 1.29 is 4.42 Å². The summed E-state index contributed by atoms with van der Waals surface area (Å²) in [6, 6.07) is 73.3. The molecule has 0 N–H and O–H groups in total. The molecule has 11 rings (SSSR count). The smallest absolute Gasteiger partial charge is 0.143 e. The van der Waals surface area contributed by atoms with Gasteiger partial charge in [0.2, 0.25) is 0 Å². The Morgan fingerprint density at radius 3 is 1.66 bits per heavy atom. The first-order chi connectivity index (χ1) is 27.7. The van der Waals surface area contributed by atoms with Gasteiger partial charge >= 0.3 is 0 Å². The van der Waals surface area contributed by atoms with Crippen LogP contribution < -0.4 is 0 Å². The summed E-state index contributed by atoms with van der Waals surface area (Å²) in [5.74, 6) is 0. The molecule has 3 heteroatoms. The summed E-state index contributed by atoms with van der Waals surface area (Å²) in [6.07, 6.45) is 0. The Hall–Kier alpha value is -7.49. The number of fused-ring (bicyclic) bond motifs is 6. The summed E-state index contributed by atoms with van der Waals surface area (Å²) in [5.41, 5.74) is 16.3. The lowest BCUT2D eigenvalue weighted by molar-refractivity contribution is 0.670. The molecule has 3 aromatic heterocycles. The topological polar surface area (TPSA) is 31.0 Å². The average molecular weight is 715 g/mol. The highest BCUT2D eigenvalue weighted by atomic mass is 16.3. The summed E-state index contributed by atoms with van der Waals surface area (Å²) in [7, 11) is 0. The van der Waals surface area contributed by atoms with Gasteiger partial charge in [0.05, 0.1) is 22.4 Å². The molecule has 0 spiro atoms. The van der Waals surface area contributed by atoms with Crippen molar-refractivity contribution in [3.05, 3.63) is 206 Å². The zero-order valence-corrected chi connectivity index (χ0v) is 30.4. The van der Waals surface area contributed by atoms with Gasteiger partial charge in [-0.25, -0.2) is 4.98 Å². The Balaban J connectivity index is 0.983. The van der Waals surface area contributed by atoms with Crippen LogP contribution in [0.1, 0.15) is 0 Å². The monoisotopic (exact) mass is 714 g/mol. The van der Waals surface area contributed by atoms with Crippen LogP contribution in [0.3, 0.4) is 0 Å².